The maximum absolute atomic E-state index is 5.93. The fourth-order valence-electron chi connectivity index (χ4n) is 2.27. The summed E-state index contributed by atoms with van der Waals surface area (Å²) in [6.07, 6.45) is 6.39. The van der Waals surface area contributed by atoms with Gasteiger partial charge < -0.3 is 11.1 Å². The van der Waals surface area contributed by atoms with E-state index in [0.29, 0.717) is 16.9 Å². The first-order chi connectivity index (χ1) is 8.20. The van der Waals surface area contributed by atoms with Gasteiger partial charge in [-0.2, -0.15) is 0 Å². The molecule has 17 heavy (non-hydrogen) atoms. The van der Waals surface area contributed by atoms with Crippen molar-refractivity contribution in [2.75, 3.05) is 12.3 Å². The predicted molar refractivity (Wildman–Crippen MR) is 72.2 cm³/mol. The van der Waals surface area contributed by atoms with Crippen LogP contribution in [-0.4, -0.2) is 17.6 Å². The molecule has 0 aromatic carbocycles. The fourth-order valence-corrected chi connectivity index (χ4v) is 2.45. The summed E-state index contributed by atoms with van der Waals surface area (Å²) in [6.45, 7) is 3.19. The molecule has 0 spiro atoms. The van der Waals surface area contributed by atoms with E-state index in [9.17, 15) is 0 Å². The Morgan fingerprint density at radius 2 is 2.35 bits per heavy atom. The van der Waals surface area contributed by atoms with Gasteiger partial charge in [0.25, 0.3) is 0 Å². The third kappa shape index (κ3) is 3.58. The second-order valence-corrected chi connectivity index (χ2v) is 5.17. The van der Waals surface area contributed by atoms with Crippen LogP contribution in [0.3, 0.4) is 0 Å². The van der Waals surface area contributed by atoms with Gasteiger partial charge >= 0.3 is 0 Å². The van der Waals surface area contributed by atoms with Crippen molar-refractivity contribution in [3.05, 3.63) is 22.8 Å². The van der Waals surface area contributed by atoms with Gasteiger partial charge in [0.1, 0.15) is 5.82 Å². The Morgan fingerprint density at radius 1 is 1.59 bits per heavy atom. The lowest BCUT2D eigenvalue weighted by Crippen LogP contribution is -2.31. The van der Waals surface area contributed by atoms with Crippen LogP contribution in [0.2, 0.25) is 5.02 Å². The first-order valence-electron chi connectivity index (χ1n) is 6.34. The van der Waals surface area contributed by atoms with E-state index in [2.05, 4.69) is 17.2 Å². The molecule has 1 fully saturated rings. The van der Waals surface area contributed by atoms with Crippen LogP contribution in [0.4, 0.5) is 5.82 Å². The highest BCUT2D eigenvalue weighted by atomic mass is 35.5. The van der Waals surface area contributed by atoms with Gasteiger partial charge in [-0.3, -0.25) is 0 Å². The molecule has 1 aromatic heterocycles. The lowest BCUT2D eigenvalue weighted by Gasteiger charge is -2.17. The second-order valence-electron chi connectivity index (χ2n) is 4.74. The van der Waals surface area contributed by atoms with Crippen LogP contribution in [0.25, 0.3) is 0 Å². The van der Waals surface area contributed by atoms with Crippen LogP contribution in [0.15, 0.2) is 12.3 Å². The summed E-state index contributed by atoms with van der Waals surface area (Å²) >= 11 is 5.93. The number of anilines is 1. The molecule has 1 heterocycles. The summed E-state index contributed by atoms with van der Waals surface area (Å²) in [5.41, 5.74) is 6.92. The zero-order valence-corrected chi connectivity index (χ0v) is 11.0. The van der Waals surface area contributed by atoms with E-state index in [-0.39, 0.29) is 0 Å². The van der Waals surface area contributed by atoms with E-state index in [1.54, 1.807) is 6.20 Å². The molecule has 1 saturated carbocycles. The van der Waals surface area contributed by atoms with Gasteiger partial charge in [-0.1, -0.05) is 18.5 Å². The molecule has 1 aromatic rings. The molecular weight excluding hydrogens is 234 g/mol. The molecule has 3 N–H and O–H groups in total. The summed E-state index contributed by atoms with van der Waals surface area (Å²) in [6, 6.07) is 2.55. The highest BCUT2D eigenvalue weighted by molar-refractivity contribution is 6.30. The summed E-state index contributed by atoms with van der Waals surface area (Å²) in [5.74, 6) is 1.48. The fraction of sp³-hybridized carbons (Fsp3) is 0.615. The molecule has 94 valence electrons. The van der Waals surface area contributed by atoms with Crippen molar-refractivity contribution >= 4 is 17.4 Å². The third-order valence-electron chi connectivity index (χ3n) is 3.35. The summed E-state index contributed by atoms with van der Waals surface area (Å²) in [7, 11) is 0. The topological polar surface area (TPSA) is 50.9 Å². The van der Waals surface area contributed by atoms with Gasteiger partial charge in [0, 0.05) is 12.2 Å². The monoisotopic (exact) mass is 253 g/mol. The Bertz CT molecular complexity index is 377. The van der Waals surface area contributed by atoms with Gasteiger partial charge in [-0.05, 0) is 49.8 Å². The van der Waals surface area contributed by atoms with Gasteiger partial charge in [0.15, 0.2) is 0 Å². The van der Waals surface area contributed by atoms with Gasteiger partial charge in [0.05, 0.1) is 5.02 Å². The number of nitrogens with two attached hydrogens (primary N) is 1. The first kappa shape index (κ1) is 12.7. The van der Waals surface area contributed by atoms with Gasteiger partial charge in [0.2, 0.25) is 0 Å². The van der Waals surface area contributed by atoms with Crippen LogP contribution >= 0.6 is 11.6 Å². The molecule has 0 radical (unpaired) electrons. The number of nitrogens with one attached hydrogen (secondary N) is 1. The van der Waals surface area contributed by atoms with Crippen LogP contribution in [0, 0.1) is 5.92 Å². The van der Waals surface area contributed by atoms with Crippen LogP contribution in [-0.2, 0) is 6.42 Å². The third-order valence-corrected chi connectivity index (χ3v) is 3.56. The summed E-state index contributed by atoms with van der Waals surface area (Å²) < 4.78 is 0. The Balaban J connectivity index is 1.93. The number of hydrogen-bond donors (Lipinski definition) is 2. The largest absolute Gasteiger partial charge is 0.383 e. The first-order valence-corrected chi connectivity index (χ1v) is 6.71. The number of halogens is 1. The molecule has 1 aliphatic carbocycles. The lowest BCUT2D eigenvalue weighted by molar-refractivity contribution is 0.446. The minimum absolute atomic E-state index is 0.612. The van der Waals surface area contributed by atoms with Crippen LogP contribution < -0.4 is 11.1 Å². The Morgan fingerprint density at radius 3 is 3.00 bits per heavy atom. The SMILES string of the molecule is CCNC(CCc1cc(Cl)cnc1N)C1CC1. The van der Waals surface area contributed by atoms with E-state index >= 15 is 0 Å². The average Bonchev–Trinajstić information content (AvgIpc) is 3.12. The molecule has 0 saturated heterocycles. The zero-order chi connectivity index (χ0) is 12.3. The molecule has 0 aliphatic heterocycles. The van der Waals surface area contributed by atoms with E-state index in [4.69, 9.17) is 17.3 Å². The number of nitrogens with zero attached hydrogens (tertiary/aromatic N) is 1. The van der Waals surface area contributed by atoms with E-state index in [1.807, 2.05) is 6.07 Å². The normalized spacial score (nSPS) is 17.1. The maximum Gasteiger partial charge on any atom is 0.126 e. The minimum atomic E-state index is 0.612. The highest BCUT2D eigenvalue weighted by Gasteiger charge is 2.30. The van der Waals surface area contributed by atoms with E-state index < -0.39 is 0 Å². The molecule has 2 rings (SSSR count). The standard InChI is InChI=1S/C13H20ClN3/c1-2-16-12(9-3-4-9)6-5-10-7-11(14)8-17-13(10)15/h7-9,12,16H,2-6H2,1H3,(H2,15,17). The Labute approximate surface area is 108 Å². The molecule has 1 aliphatic rings. The Hall–Kier alpha value is -0.800. The molecule has 1 unspecified atom stereocenters. The van der Waals surface area contributed by atoms with Crippen molar-refractivity contribution in [2.45, 2.75) is 38.6 Å². The van der Waals surface area contributed by atoms with E-state index in [1.165, 1.54) is 12.8 Å². The van der Waals surface area contributed by atoms with Crippen molar-refractivity contribution in [3.8, 4) is 0 Å². The van der Waals surface area contributed by atoms with E-state index in [0.717, 1.165) is 30.9 Å². The van der Waals surface area contributed by atoms with Crippen molar-refractivity contribution in [1.29, 1.82) is 0 Å². The van der Waals surface area contributed by atoms with Gasteiger partial charge in [-0.25, -0.2) is 4.98 Å². The number of nitrogen functional groups attached to an aromatic ring is 1. The molecule has 0 amide bonds. The minimum Gasteiger partial charge on any atom is -0.383 e. The van der Waals surface area contributed by atoms with Crippen molar-refractivity contribution in [1.82, 2.24) is 10.3 Å². The number of pyridine rings is 1. The lowest BCUT2D eigenvalue weighted by atomic mass is 10.0. The van der Waals surface area contributed by atoms with Gasteiger partial charge in [-0.15, -0.1) is 0 Å². The van der Waals surface area contributed by atoms with Crippen molar-refractivity contribution < 1.29 is 0 Å². The average molecular weight is 254 g/mol. The summed E-state index contributed by atoms with van der Waals surface area (Å²) in [4.78, 5) is 4.09. The molecule has 0 bridgehead atoms. The molecule has 1 atom stereocenters. The zero-order valence-electron chi connectivity index (χ0n) is 10.2. The number of rotatable bonds is 6. The molecule has 3 nitrogen and oxygen atoms in total. The van der Waals surface area contributed by atoms with Crippen molar-refractivity contribution in [3.63, 3.8) is 0 Å². The number of aromatic nitrogens is 1. The predicted octanol–water partition coefficient (Wildman–Crippen LogP) is 2.64. The summed E-state index contributed by atoms with van der Waals surface area (Å²) in [5, 5.41) is 4.22. The van der Waals surface area contributed by atoms with Crippen LogP contribution in [0.1, 0.15) is 31.7 Å². The highest BCUT2D eigenvalue weighted by Crippen LogP contribution is 2.34. The van der Waals surface area contributed by atoms with Crippen LogP contribution in [0.5, 0.6) is 0 Å². The van der Waals surface area contributed by atoms with Crippen molar-refractivity contribution in [2.24, 2.45) is 5.92 Å². The molecular formula is C13H20ClN3. The number of hydrogen-bond acceptors (Lipinski definition) is 3. The quantitative estimate of drug-likeness (QED) is 0.820. The maximum atomic E-state index is 5.93. The smallest absolute Gasteiger partial charge is 0.126 e. The molecule has 4 heteroatoms. The number of aryl methyl sites for hydroxylation is 1. The second kappa shape index (κ2) is 5.69. The Kier molecular flexibility index (Phi) is 4.24.